The summed E-state index contributed by atoms with van der Waals surface area (Å²) in [7, 11) is 0. The van der Waals surface area contributed by atoms with Gasteiger partial charge < -0.3 is 10.5 Å². The lowest BCUT2D eigenvalue weighted by molar-refractivity contribution is 0.0991. The molecule has 0 saturated heterocycles. The van der Waals surface area contributed by atoms with Crippen molar-refractivity contribution in [1.82, 2.24) is 15.0 Å². The number of hydrogen-bond donors (Lipinski definition) is 1. The zero-order valence-electron chi connectivity index (χ0n) is 14.2. The second-order valence-electron chi connectivity index (χ2n) is 5.75. The molecule has 0 aliphatic heterocycles. The van der Waals surface area contributed by atoms with Gasteiger partial charge >= 0.3 is 0 Å². The van der Waals surface area contributed by atoms with E-state index >= 15 is 0 Å². The maximum Gasteiger partial charge on any atom is 0.254 e. The van der Waals surface area contributed by atoms with Gasteiger partial charge in [-0.25, -0.2) is 23.7 Å². The summed E-state index contributed by atoms with van der Waals surface area (Å²) in [5.41, 5.74) is 6.21. The van der Waals surface area contributed by atoms with Crippen LogP contribution in [0.3, 0.4) is 0 Å². The molecule has 0 unspecified atom stereocenters. The molecule has 0 bridgehead atoms. The number of thiazole rings is 1. The third kappa shape index (κ3) is 3.39. The van der Waals surface area contributed by atoms with E-state index in [1.807, 2.05) is 30.3 Å². The minimum absolute atomic E-state index is 0.0931. The van der Waals surface area contributed by atoms with Crippen LogP contribution in [0.2, 0.25) is 0 Å². The average Bonchev–Trinajstić information content (AvgIpc) is 3.10. The number of carbonyl (C=O) groups is 1. The van der Waals surface area contributed by atoms with E-state index in [9.17, 15) is 13.6 Å². The molecule has 0 fully saturated rings. The van der Waals surface area contributed by atoms with E-state index in [0.717, 1.165) is 17.7 Å². The maximum absolute atomic E-state index is 14.2. The fraction of sp³-hybridized carbons (Fsp3) is 0.0526. The number of hydrogen-bond acceptors (Lipinski definition) is 6. The molecule has 2 aromatic carbocycles. The van der Waals surface area contributed by atoms with Gasteiger partial charge in [0.15, 0.2) is 22.0 Å². The summed E-state index contributed by atoms with van der Waals surface area (Å²) in [5, 5.41) is 0.504. The number of nitrogens with zero attached hydrogens (tertiary/aromatic N) is 3. The molecule has 4 rings (SSSR count). The van der Waals surface area contributed by atoms with Gasteiger partial charge in [-0.15, -0.1) is 0 Å². The monoisotopic (exact) mass is 398 g/mol. The van der Waals surface area contributed by atoms with Crippen molar-refractivity contribution in [3.63, 3.8) is 0 Å². The molecular formula is C19H12F2N4O2S. The average molecular weight is 398 g/mol. The Morgan fingerprint density at radius 1 is 1.11 bits per heavy atom. The molecule has 0 aliphatic rings. The van der Waals surface area contributed by atoms with Crippen LogP contribution in [0.5, 0.6) is 5.75 Å². The van der Waals surface area contributed by atoms with E-state index in [-0.39, 0.29) is 12.4 Å². The van der Waals surface area contributed by atoms with Crippen LogP contribution >= 0.6 is 11.3 Å². The summed E-state index contributed by atoms with van der Waals surface area (Å²) in [6, 6.07) is 11.6. The van der Waals surface area contributed by atoms with E-state index in [2.05, 4.69) is 15.0 Å². The van der Waals surface area contributed by atoms with Gasteiger partial charge in [0.1, 0.15) is 23.0 Å². The minimum Gasteiger partial charge on any atom is -0.483 e. The molecular weight excluding hydrogens is 386 g/mol. The Morgan fingerprint density at radius 3 is 2.64 bits per heavy atom. The summed E-state index contributed by atoms with van der Waals surface area (Å²) >= 11 is 1.24. The molecule has 28 heavy (non-hydrogen) atoms. The number of ether oxygens (including phenoxy) is 1. The standard InChI is InChI=1S/C19H12F2N4O2S/c20-11-6-7-13(16(21)15(11)17(22)26)27-9-14-25-18-19(28-14)23-8-12(24-18)10-4-2-1-3-5-10/h1-8H,9H2,(H2,22,26). The van der Waals surface area contributed by atoms with Crippen LogP contribution in [-0.4, -0.2) is 20.9 Å². The molecule has 0 spiro atoms. The number of aromatic nitrogens is 3. The van der Waals surface area contributed by atoms with Crippen LogP contribution < -0.4 is 10.5 Å². The highest BCUT2D eigenvalue weighted by Crippen LogP contribution is 2.26. The van der Waals surface area contributed by atoms with E-state index in [4.69, 9.17) is 10.5 Å². The summed E-state index contributed by atoms with van der Waals surface area (Å²) in [4.78, 5) is 25.0. The number of primary amides is 1. The molecule has 6 nitrogen and oxygen atoms in total. The van der Waals surface area contributed by atoms with Gasteiger partial charge in [0.05, 0.1) is 11.9 Å². The molecule has 2 heterocycles. The summed E-state index contributed by atoms with van der Waals surface area (Å²) in [6.07, 6.45) is 1.65. The lowest BCUT2D eigenvalue weighted by atomic mass is 10.2. The second-order valence-corrected chi connectivity index (χ2v) is 6.81. The van der Waals surface area contributed by atoms with E-state index < -0.39 is 23.1 Å². The third-order valence-corrected chi connectivity index (χ3v) is 4.82. The first kappa shape index (κ1) is 17.9. The Morgan fingerprint density at radius 2 is 1.89 bits per heavy atom. The predicted octanol–water partition coefficient (Wildman–Crippen LogP) is 3.71. The van der Waals surface area contributed by atoms with Crippen LogP contribution in [0.25, 0.3) is 21.7 Å². The smallest absolute Gasteiger partial charge is 0.254 e. The molecule has 0 saturated carbocycles. The van der Waals surface area contributed by atoms with Crippen molar-refractivity contribution in [2.45, 2.75) is 6.61 Å². The van der Waals surface area contributed by atoms with Crippen molar-refractivity contribution in [1.29, 1.82) is 0 Å². The van der Waals surface area contributed by atoms with E-state index in [1.165, 1.54) is 11.3 Å². The highest BCUT2D eigenvalue weighted by Gasteiger charge is 2.19. The van der Waals surface area contributed by atoms with E-state index in [1.54, 1.807) is 6.20 Å². The Hall–Kier alpha value is -3.46. The fourth-order valence-corrected chi connectivity index (χ4v) is 3.35. The molecule has 0 aliphatic carbocycles. The lowest BCUT2D eigenvalue weighted by Crippen LogP contribution is -2.16. The number of rotatable bonds is 5. The Kier molecular flexibility index (Phi) is 4.66. The van der Waals surface area contributed by atoms with Crippen LogP contribution in [-0.2, 0) is 6.61 Å². The molecule has 140 valence electrons. The quantitative estimate of drug-likeness (QED) is 0.553. The number of fused-ring (bicyclic) bond motifs is 1. The zero-order valence-corrected chi connectivity index (χ0v) is 15.0. The topological polar surface area (TPSA) is 91.0 Å². The SMILES string of the molecule is NC(=O)c1c(F)ccc(OCc2nc3nc(-c4ccccc4)cnc3s2)c1F. The summed E-state index contributed by atoms with van der Waals surface area (Å²) in [6.45, 7) is -0.0931. The van der Waals surface area contributed by atoms with Crippen molar-refractivity contribution in [3.05, 3.63) is 70.9 Å². The number of amides is 1. The van der Waals surface area contributed by atoms with Gasteiger partial charge in [0.2, 0.25) is 0 Å². The summed E-state index contributed by atoms with van der Waals surface area (Å²) < 4.78 is 33.1. The molecule has 2 N–H and O–H groups in total. The van der Waals surface area contributed by atoms with Crippen molar-refractivity contribution in [2.24, 2.45) is 5.73 Å². The van der Waals surface area contributed by atoms with Crippen LogP contribution in [0.4, 0.5) is 8.78 Å². The highest BCUT2D eigenvalue weighted by atomic mass is 32.1. The van der Waals surface area contributed by atoms with Gasteiger partial charge in [-0.1, -0.05) is 41.7 Å². The van der Waals surface area contributed by atoms with Crippen molar-refractivity contribution in [2.75, 3.05) is 0 Å². The van der Waals surface area contributed by atoms with Crippen LogP contribution in [0.1, 0.15) is 15.4 Å². The molecule has 0 atom stereocenters. The molecule has 1 amide bonds. The van der Waals surface area contributed by atoms with Crippen LogP contribution in [0, 0.1) is 11.6 Å². The van der Waals surface area contributed by atoms with Gasteiger partial charge in [0, 0.05) is 5.56 Å². The van der Waals surface area contributed by atoms with Crippen LogP contribution in [0.15, 0.2) is 48.7 Å². The number of benzene rings is 2. The first-order valence-corrected chi connectivity index (χ1v) is 8.93. The third-order valence-electron chi connectivity index (χ3n) is 3.89. The normalized spacial score (nSPS) is 10.9. The first-order chi connectivity index (χ1) is 13.5. The number of carbonyl (C=O) groups excluding carboxylic acids is 1. The Labute approximate surface area is 161 Å². The van der Waals surface area contributed by atoms with Gasteiger partial charge in [-0.2, -0.15) is 0 Å². The second kappa shape index (κ2) is 7.28. The van der Waals surface area contributed by atoms with E-state index in [0.29, 0.717) is 21.2 Å². The number of nitrogens with two attached hydrogens (primary N) is 1. The van der Waals surface area contributed by atoms with Gasteiger partial charge in [-0.3, -0.25) is 4.79 Å². The largest absolute Gasteiger partial charge is 0.483 e. The van der Waals surface area contributed by atoms with Crippen molar-refractivity contribution in [3.8, 4) is 17.0 Å². The van der Waals surface area contributed by atoms with Crippen molar-refractivity contribution < 1.29 is 18.3 Å². The molecule has 2 aromatic heterocycles. The number of halogens is 2. The van der Waals surface area contributed by atoms with Gasteiger partial charge in [0.25, 0.3) is 5.91 Å². The molecule has 9 heteroatoms. The Bertz CT molecular complexity index is 1180. The zero-order chi connectivity index (χ0) is 19.7. The minimum atomic E-state index is -1.21. The molecule has 4 aromatic rings. The Balaban J connectivity index is 1.58. The predicted molar refractivity (Wildman–Crippen MR) is 99.9 cm³/mol. The van der Waals surface area contributed by atoms with Crippen molar-refractivity contribution >= 4 is 27.7 Å². The maximum atomic E-state index is 14.2. The lowest BCUT2D eigenvalue weighted by Gasteiger charge is -2.08. The first-order valence-electron chi connectivity index (χ1n) is 8.11. The summed E-state index contributed by atoms with van der Waals surface area (Å²) in [5.74, 6) is -3.68. The fourth-order valence-electron chi connectivity index (χ4n) is 2.59. The van der Waals surface area contributed by atoms with Gasteiger partial charge in [-0.05, 0) is 12.1 Å². The molecule has 0 radical (unpaired) electrons. The highest BCUT2D eigenvalue weighted by molar-refractivity contribution is 7.18.